The molecule has 2 atom stereocenters. The van der Waals surface area contributed by atoms with Crippen molar-refractivity contribution in [3.63, 3.8) is 0 Å². The predicted octanol–water partition coefficient (Wildman–Crippen LogP) is 0.475. The van der Waals surface area contributed by atoms with Gasteiger partial charge in [-0.25, -0.2) is 0 Å². The minimum atomic E-state index is -0.362. The first-order valence-electron chi connectivity index (χ1n) is 5.37. The Morgan fingerprint density at radius 2 is 2.31 bits per heavy atom. The van der Waals surface area contributed by atoms with Crippen LogP contribution in [0.1, 0.15) is 25.6 Å². The van der Waals surface area contributed by atoms with Gasteiger partial charge in [0, 0.05) is 6.04 Å². The van der Waals surface area contributed by atoms with Gasteiger partial charge in [0.15, 0.2) is 0 Å². The van der Waals surface area contributed by atoms with E-state index in [1.165, 1.54) is 0 Å². The number of carbonyl (C=O) groups is 1. The van der Waals surface area contributed by atoms with E-state index >= 15 is 0 Å². The zero-order valence-corrected chi connectivity index (χ0v) is 9.72. The van der Waals surface area contributed by atoms with Crippen molar-refractivity contribution in [3.05, 3.63) is 24.2 Å². The minimum Gasteiger partial charge on any atom is -0.468 e. The second kappa shape index (κ2) is 5.67. The lowest BCUT2D eigenvalue weighted by molar-refractivity contribution is -0.119. The molecule has 5 nitrogen and oxygen atoms in total. The van der Waals surface area contributed by atoms with Crippen molar-refractivity contribution in [2.45, 2.75) is 25.9 Å². The third-order valence-corrected chi connectivity index (χ3v) is 2.49. The van der Waals surface area contributed by atoms with E-state index in [0.717, 1.165) is 5.76 Å². The van der Waals surface area contributed by atoms with Crippen molar-refractivity contribution in [3.8, 4) is 0 Å². The summed E-state index contributed by atoms with van der Waals surface area (Å²) in [5.74, 6) is 0.400. The second-order valence-electron chi connectivity index (χ2n) is 3.85. The zero-order valence-electron chi connectivity index (χ0n) is 9.72. The lowest BCUT2D eigenvalue weighted by atomic mass is 10.1. The summed E-state index contributed by atoms with van der Waals surface area (Å²) in [5, 5.41) is 0. The van der Waals surface area contributed by atoms with E-state index in [2.05, 4.69) is 0 Å². The molecule has 0 aliphatic rings. The molecule has 0 saturated carbocycles. The summed E-state index contributed by atoms with van der Waals surface area (Å²) >= 11 is 0. The Hall–Kier alpha value is -1.33. The fraction of sp³-hybridized carbons (Fsp3) is 0.545. The van der Waals surface area contributed by atoms with Gasteiger partial charge in [0.2, 0.25) is 5.91 Å². The van der Waals surface area contributed by atoms with Gasteiger partial charge in [-0.05, 0) is 25.6 Å². The molecule has 1 heterocycles. The van der Waals surface area contributed by atoms with Crippen LogP contribution >= 0.6 is 0 Å². The largest absolute Gasteiger partial charge is 0.468 e. The molecule has 0 bridgehead atoms. The van der Waals surface area contributed by atoms with Gasteiger partial charge in [0.25, 0.3) is 0 Å². The number of rotatable bonds is 6. The quantitative estimate of drug-likeness (QED) is 0.737. The van der Waals surface area contributed by atoms with Crippen LogP contribution in [0.5, 0.6) is 0 Å². The molecular formula is C11H19N3O2. The van der Waals surface area contributed by atoms with E-state index in [4.69, 9.17) is 15.9 Å². The zero-order chi connectivity index (χ0) is 12.1. The van der Waals surface area contributed by atoms with E-state index in [9.17, 15) is 4.79 Å². The molecule has 0 aliphatic carbocycles. The standard InChI is InChI=1S/C11H19N3O2/c1-3-14(7-10(13)15)11(8(2)12)9-5-4-6-16-9/h4-6,8,11H,3,7,12H2,1-2H3,(H2,13,15). The Morgan fingerprint density at radius 1 is 1.62 bits per heavy atom. The Labute approximate surface area is 95.4 Å². The molecule has 2 unspecified atom stereocenters. The third kappa shape index (κ3) is 3.08. The fourth-order valence-corrected chi connectivity index (χ4v) is 1.84. The first-order valence-corrected chi connectivity index (χ1v) is 5.37. The highest BCUT2D eigenvalue weighted by molar-refractivity contribution is 5.76. The summed E-state index contributed by atoms with van der Waals surface area (Å²) in [6.07, 6.45) is 1.60. The number of hydrogen-bond acceptors (Lipinski definition) is 4. The molecule has 5 heteroatoms. The van der Waals surface area contributed by atoms with E-state index in [1.54, 1.807) is 6.26 Å². The van der Waals surface area contributed by atoms with Crippen LogP contribution in [-0.2, 0) is 4.79 Å². The van der Waals surface area contributed by atoms with Crippen LogP contribution in [0.4, 0.5) is 0 Å². The molecule has 0 aromatic carbocycles. The van der Waals surface area contributed by atoms with Gasteiger partial charge in [0.1, 0.15) is 5.76 Å². The average Bonchev–Trinajstić information content (AvgIpc) is 2.68. The van der Waals surface area contributed by atoms with Crippen molar-refractivity contribution in [2.75, 3.05) is 13.1 Å². The molecule has 0 fully saturated rings. The Bertz CT molecular complexity index is 322. The van der Waals surface area contributed by atoms with Crippen molar-refractivity contribution >= 4 is 5.91 Å². The number of nitrogens with zero attached hydrogens (tertiary/aromatic N) is 1. The Morgan fingerprint density at radius 3 is 2.69 bits per heavy atom. The number of amides is 1. The first kappa shape index (κ1) is 12.7. The Kier molecular flexibility index (Phi) is 4.52. The van der Waals surface area contributed by atoms with Gasteiger partial charge >= 0.3 is 0 Å². The molecule has 0 spiro atoms. The number of likely N-dealkylation sites (N-methyl/N-ethyl adjacent to an activating group) is 1. The van der Waals surface area contributed by atoms with Crippen LogP contribution in [0.15, 0.2) is 22.8 Å². The summed E-state index contributed by atoms with van der Waals surface area (Å²) < 4.78 is 5.35. The minimum absolute atomic E-state index is 0.118. The maximum Gasteiger partial charge on any atom is 0.231 e. The van der Waals surface area contributed by atoms with Crippen LogP contribution in [0, 0.1) is 0 Å². The summed E-state index contributed by atoms with van der Waals surface area (Å²) in [6, 6.07) is 3.42. The normalized spacial score (nSPS) is 15.0. The van der Waals surface area contributed by atoms with Gasteiger partial charge in [-0.15, -0.1) is 0 Å². The van der Waals surface area contributed by atoms with E-state index in [-0.39, 0.29) is 24.5 Å². The summed E-state index contributed by atoms with van der Waals surface area (Å²) in [5.41, 5.74) is 11.1. The highest BCUT2D eigenvalue weighted by atomic mass is 16.3. The maximum absolute atomic E-state index is 11.0. The average molecular weight is 225 g/mol. The van der Waals surface area contributed by atoms with Crippen LogP contribution in [0.3, 0.4) is 0 Å². The van der Waals surface area contributed by atoms with Crippen LogP contribution in [0.25, 0.3) is 0 Å². The molecule has 0 saturated heterocycles. The van der Waals surface area contributed by atoms with Crippen LogP contribution in [-0.4, -0.2) is 29.9 Å². The summed E-state index contributed by atoms with van der Waals surface area (Å²) in [7, 11) is 0. The topological polar surface area (TPSA) is 85.5 Å². The molecule has 1 aromatic heterocycles. The maximum atomic E-state index is 11.0. The molecule has 1 amide bonds. The molecule has 16 heavy (non-hydrogen) atoms. The number of furan rings is 1. The van der Waals surface area contributed by atoms with Gasteiger partial charge in [-0.1, -0.05) is 6.92 Å². The SMILES string of the molecule is CCN(CC(N)=O)C(c1ccco1)C(C)N. The number of carbonyl (C=O) groups excluding carboxylic acids is 1. The molecule has 0 aliphatic heterocycles. The van der Waals surface area contributed by atoms with Crippen LogP contribution < -0.4 is 11.5 Å². The van der Waals surface area contributed by atoms with Crippen molar-refractivity contribution in [1.29, 1.82) is 0 Å². The smallest absolute Gasteiger partial charge is 0.231 e. The van der Waals surface area contributed by atoms with Gasteiger partial charge in [0.05, 0.1) is 18.8 Å². The lowest BCUT2D eigenvalue weighted by Crippen LogP contribution is -2.43. The van der Waals surface area contributed by atoms with Gasteiger partial charge < -0.3 is 15.9 Å². The van der Waals surface area contributed by atoms with Crippen LogP contribution in [0.2, 0.25) is 0 Å². The second-order valence-corrected chi connectivity index (χ2v) is 3.85. The van der Waals surface area contributed by atoms with E-state index < -0.39 is 0 Å². The van der Waals surface area contributed by atoms with Crippen molar-refractivity contribution < 1.29 is 9.21 Å². The summed E-state index contributed by atoms with van der Waals surface area (Å²) in [6.45, 7) is 4.72. The fourth-order valence-electron chi connectivity index (χ4n) is 1.84. The molecule has 0 radical (unpaired) electrons. The highest BCUT2D eigenvalue weighted by Gasteiger charge is 2.26. The molecular weight excluding hydrogens is 206 g/mol. The van der Waals surface area contributed by atoms with E-state index in [1.807, 2.05) is 30.9 Å². The number of nitrogens with two attached hydrogens (primary N) is 2. The third-order valence-electron chi connectivity index (χ3n) is 2.49. The molecule has 4 N–H and O–H groups in total. The molecule has 1 rings (SSSR count). The Balaban J connectivity index is 2.87. The molecule has 90 valence electrons. The number of hydrogen-bond donors (Lipinski definition) is 2. The first-order chi connectivity index (χ1) is 7.56. The lowest BCUT2D eigenvalue weighted by Gasteiger charge is -2.30. The highest BCUT2D eigenvalue weighted by Crippen LogP contribution is 2.23. The van der Waals surface area contributed by atoms with E-state index in [0.29, 0.717) is 6.54 Å². The van der Waals surface area contributed by atoms with Crippen molar-refractivity contribution in [2.24, 2.45) is 11.5 Å². The van der Waals surface area contributed by atoms with Gasteiger partial charge in [-0.3, -0.25) is 9.69 Å². The van der Waals surface area contributed by atoms with Crippen molar-refractivity contribution in [1.82, 2.24) is 4.90 Å². The molecule has 1 aromatic rings. The monoisotopic (exact) mass is 225 g/mol. The number of primary amides is 1. The predicted molar refractivity (Wildman–Crippen MR) is 61.5 cm³/mol. The van der Waals surface area contributed by atoms with Gasteiger partial charge in [-0.2, -0.15) is 0 Å². The summed E-state index contributed by atoms with van der Waals surface area (Å²) in [4.78, 5) is 12.9.